The highest BCUT2D eigenvalue weighted by Crippen LogP contribution is 2.25. The Kier molecular flexibility index (Phi) is 3.06. The lowest BCUT2D eigenvalue weighted by Gasteiger charge is -2.12. The van der Waals surface area contributed by atoms with Gasteiger partial charge in [0.25, 0.3) is 0 Å². The highest BCUT2D eigenvalue weighted by atomic mass is 35.5. The van der Waals surface area contributed by atoms with E-state index >= 15 is 0 Å². The first-order valence-electron chi connectivity index (χ1n) is 4.54. The van der Waals surface area contributed by atoms with Crippen LogP contribution < -0.4 is 11.1 Å². The van der Waals surface area contributed by atoms with E-state index in [2.05, 4.69) is 15.3 Å². The minimum atomic E-state index is -0.719. The van der Waals surface area contributed by atoms with E-state index in [1.165, 1.54) is 6.33 Å². The van der Waals surface area contributed by atoms with Gasteiger partial charge < -0.3 is 11.1 Å². The van der Waals surface area contributed by atoms with Gasteiger partial charge in [-0.05, 0) is 6.42 Å². The van der Waals surface area contributed by atoms with Crippen molar-refractivity contribution in [1.29, 1.82) is 0 Å². The zero-order valence-electron chi connectivity index (χ0n) is 7.94. The molecule has 1 aliphatic heterocycles. The van der Waals surface area contributed by atoms with Crippen molar-refractivity contribution in [1.82, 2.24) is 9.97 Å². The predicted molar refractivity (Wildman–Crippen MR) is 61.4 cm³/mol. The Labute approximate surface area is 94.9 Å². The lowest BCUT2D eigenvalue weighted by atomic mass is 10.2. The van der Waals surface area contributed by atoms with Crippen molar-refractivity contribution in [3.05, 3.63) is 11.3 Å². The summed E-state index contributed by atoms with van der Waals surface area (Å²) in [6.07, 6.45) is 2.22. The number of nitrogens with zero attached hydrogens (tertiary/aromatic N) is 2. The molecule has 2 atom stereocenters. The third-order valence-corrected chi connectivity index (χ3v) is 4.08. The Morgan fingerprint density at radius 3 is 3.07 bits per heavy atom. The number of nitrogens with two attached hydrogens (primary N) is 1. The van der Waals surface area contributed by atoms with E-state index in [4.69, 9.17) is 17.3 Å². The van der Waals surface area contributed by atoms with Crippen molar-refractivity contribution >= 4 is 34.0 Å². The SMILES string of the molecule is Nc1ncnc(NC2CCS(=O)C2)c1Cl. The van der Waals surface area contributed by atoms with E-state index < -0.39 is 10.8 Å². The van der Waals surface area contributed by atoms with Crippen molar-refractivity contribution in [2.45, 2.75) is 12.5 Å². The molecule has 2 rings (SSSR count). The monoisotopic (exact) mass is 246 g/mol. The number of anilines is 2. The Bertz CT molecular complexity index is 400. The second-order valence-corrected chi connectivity index (χ2v) is 5.36. The maximum Gasteiger partial charge on any atom is 0.150 e. The molecule has 2 unspecified atom stereocenters. The van der Waals surface area contributed by atoms with Gasteiger partial charge in [0.1, 0.15) is 17.2 Å². The fourth-order valence-corrected chi connectivity index (χ4v) is 3.02. The molecule has 0 aliphatic carbocycles. The summed E-state index contributed by atoms with van der Waals surface area (Å²) in [7, 11) is -0.719. The van der Waals surface area contributed by atoms with Gasteiger partial charge in [-0.2, -0.15) is 0 Å². The second kappa shape index (κ2) is 4.32. The number of hydrogen-bond donors (Lipinski definition) is 2. The van der Waals surface area contributed by atoms with Gasteiger partial charge in [-0.15, -0.1) is 0 Å². The van der Waals surface area contributed by atoms with Crippen molar-refractivity contribution in [3.8, 4) is 0 Å². The van der Waals surface area contributed by atoms with Crippen LogP contribution in [0.1, 0.15) is 6.42 Å². The molecule has 0 radical (unpaired) electrons. The number of halogens is 1. The van der Waals surface area contributed by atoms with E-state index in [-0.39, 0.29) is 11.9 Å². The molecule has 1 saturated heterocycles. The van der Waals surface area contributed by atoms with Crippen LogP contribution in [0.15, 0.2) is 6.33 Å². The summed E-state index contributed by atoms with van der Waals surface area (Å²) in [6, 6.07) is 0.164. The zero-order valence-corrected chi connectivity index (χ0v) is 9.51. The van der Waals surface area contributed by atoms with Crippen LogP contribution in [-0.4, -0.2) is 31.7 Å². The third-order valence-electron chi connectivity index (χ3n) is 2.24. The summed E-state index contributed by atoms with van der Waals surface area (Å²) in [6.45, 7) is 0. The van der Waals surface area contributed by atoms with Crippen LogP contribution in [0.25, 0.3) is 0 Å². The van der Waals surface area contributed by atoms with E-state index in [0.717, 1.165) is 12.2 Å². The van der Waals surface area contributed by atoms with E-state index in [0.29, 0.717) is 16.6 Å². The van der Waals surface area contributed by atoms with Crippen LogP contribution in [-0.2, 0) is 10.8 Å². The summed E-state index contributed by atoms with van der Waals surface area (Å²) in [4.78, 5) is 7.76. The molecule has 1 aromatic rings. The molecule has 1 fully saturated rings. The molecule has 0 aromatic carbocycles. The van der Waals surface area contributed by atoms with Crippen LogP contribution in [0, 0.1) is 0 Å². The molecule has 0 saturated carbocycles. The first-order valence-corrected chi connectivity index (χ1v) is 6.41. The normalized spacial score (nSPS) is 25.4. The van der Waals surface area contributed by atoms with Gasteiger partial charge in [0, 0.05) is 28.3 Å². The molecule has 3 N–H and O–H groups in total. The van der Waals surface area contributed by atoms with E-state index in [1.54, 1.807) is 0 Å². The summed E-state index contributed by atoms with van der Waals surface area (Å²) >= 11 is 5.92. The number of rotatable bonds is 2. The first-order chi connectivity index (χ1) is 7.16. The molecule has 1 aromatic heterocycles. The molecular weight excluding hydrogens is 236 g/mol. The van der Waals surface area contributed by atoms with Gasteiger partial charge in [-0.3, -0.25) is 4.21 Å². The van der Waals surface area contributed by atoms with Crippen LogP contribution in [0.2, 0.25) is 5.02 Å². The minimum Gasteiger partial charge on any atom is -0.382 e. The Hall–Kier alpha value is -0.880. The van der Waals surface area contributed by atoms with Gasteiger partial charge in [0.15, 0.2) is 5.82 Å². The molecule has 0 bridgehead atoms. The van der Waals surface area contributed by atoms with Crippen LogP contribution in [0.4, 0.5) is 11.6 Å². The standard InChI is InChI=1S/C8H11ClN4OS/c9-6-7(10)11-4-12-8(6)13-5-1-2-15(14)3-5/h4-5H,1-3H2,(H3,10,11,12,13). The maximum absolute atomic E-state index is 11.2. The third kappa shape index (κ3) is 2.38. The molecule has 5 nitrogen and oxygen atoms in total. The summed E-state index contributed by atoms with van der Waals surface area (Å²) < 4.78 is 11.2. The smallest absolute Gasteiger partial charge is 0.150 e. The zero-order chi connectivity index (χ0) is 10.8. The summed E-state index contributed by atoms with van der Waals surface area (Å²) in [5.41, 5.74) is 5.54. The van der Waals surface area contributed by atoms with Crippen molar-refractivity contribution in [2.75, 3.05) is 22.6 Å². The van der Waals surface area contributed by atoms with E-state index in [1.807, 2.05) is 0 Å². The molecule has 0 spiro atoms. The van der Waals surface area contributed by atoms with Crippen LogP contribution in [0.3, 0.4) is 0 Å². The van der Waals surface area contributed by atoms with Crippen LogP contribution >= 0.6 is 11.6 Å². The highest BCUT2D eigenvalue weighted by molar-refractivity contribution is 7.85. The largest absolute Gasteiger partial charge is 0.382 e. The van der Waals surface area contributed by atoms with Gasteiger partial charge >= 0.3 is 0 Å². The fraction of sp³-hybridized carbons (Fsp3) is 0.500. The number of aromatic nitrogens is 2. The average Bonchev–Trinajstić information content (AvgIpc) is 2.59. The summed E-state index contributed by atoms with van der Waals surface area (Å²) in [5.74, 6) is 2.15. The van der Waals surface area contributed by atoms with Gasteiger partial charge in [-0.1, -0.05) is 11.6 Å². The summed E-state index contributed by atoms with van der Waals surface area (Å²) in [5, 5.41) is 3.45. The average molecular weight is 247 g/mol. The maximum atomic E-state index is 11.2. The molecule has 2 heterocycles. The van der Waals surface area contributed by atoms with Crippen molar-refractivity contribution < 1.29 is 4.21 Å². The molecule has 15 heavy (non-hydrogen) atoms. The van der Waals surface area contributed by atoms with Crippen molar-refractivity contribution in [3.63, 3.8) is 0 Å². The highest BCUT2D eigenvalue weighted by Gasteiger charge is 2.22. The fourth-order valence-electron chi connectivity index (χ4n) is 1.46. The molecule has 0 amide bonds. The molecule has 82 valence electrons. The topological polar surface area (TPSA) is 80.9 Å². The second-order valence-electron chi connectivity index (χ2n) is 3.36. The van der Waals surface area contributed by atoms with Gasteiger partial charge in [0.05, 0.1) is 0 Å². The van der Waals surface area contributed by atoms with Gasteiger partial charge in [-0.25, -0.2) is 9.97 Å². The molecule has 7 heteroatoms. The quantitative estimate of drug-likeness (QED) is 0.801. The Morgan fingerprint density at radius 1 is 1.60 bits per heavy atom. The van der Waals surface area contributed by atoms with Crippen molar-refractivity contribution in [2.24, 2.45) is 0 Å². The first kappa shape index (κ1) is 10.6. The van der Waals surface area contributed by atoms with Gasteiger partial charge in [0.2, 0.25) is 0 Å². The minimum absolute atomic E-state index is 0.164. The Balaban J connectivity index is 2.11. The number of hydrogen-bond acceptors (Lipinski definition) is 5. The lowest BCUT2D eigenvalue weighted by molar-refractivity contribution is 0.686. The van der Waals surface area contributed by atoms with E-state index in [9.17, 15) is 4.21 Å². The lowest BCUT2D eigenvalue weighted by Crippen LogP contribution is -2.20. The van der Waals surface area contributed by atoms with Crippen LogP contribution in [0.5, 0.6) is 0 Å². The number of nitrogen functional groups attached to an aromatic ring is 1. The molecule has 1 aliphatic rings. The number of nitrogens with one attached hydrogen (secondary N) is 1. The Morgan fingerprint density at radius 2 is 2.40 bits per heavy atom. The predicted octanol–water partition coefficient (Wildman–Crippen LogP) is 0.645. The molecular formula is C8H11ClN4OS.